The molecule has 0 spiro atoms. The van der Waals surface area contributed by atoms with Gasteiger partial charge in [-0.3, -0.25) is 0 Å². The maximum Gasteiger partial charge on any atom is 0.0921 e. The van der Waals surface area contributed by atoms with E-state index in [2.05, 4.69) is 18.0 Å². The van der Waals surface area contributed by atoms with Crippen molar-refractivity contribution in [2.24, 2.45) is 0 Å². The van der Waals surface area contributed by atoms with E-state index in [0.717, 1.165) is 13.0 Å². The molecule has 0 unspecified atom stereocenters. The molecule has 54 valence electrons. The summed E-state index contributed by atoms with van der Waals surface area (Å²) in [4.78, 5) is 1.36. The highest BCUT2D eigenvalue weighted by Crippen LogP contribution is 2.08. The average molecular weight is 154 g/mol. The van der Waals surface area contributed by atoms with E-state index < -0.39 is 0 Å². The Morgan fingerprint density at radius 2 is 2.60 bits per heavy atom. The molecule has 0 bridgehead atoms. The largest absolute Gasteiger partial charge is 0.501 e. The molecule has 0 amide bonds. The van der Waals surface area contributed by atoms with Crippen LogP contribution in [0.15, 0.2) is 30.4 Å². The van der Waals surface area contributed by atoms with Gasteiger partial charge in [0.25, 0.3) is 0 Å². The van der Waals surface area contributed by atoms with Crippen LogP contribution in [-0.4, -0.2) is 6.61 Å². The Hall–Kier alpha value is -0.760. The molecule has 1 heterocycles. The van der Waals surface area contributed by atoms with Crippen LogP contribution in [0.3, 0.4) is 0 Å². The molecule has 2 heteroatoms. The third kappa shape index (κ3) is 2.23. The smallest absolute Gasteiger partial charge is 0.0921 e. The van der Waals surface area contributed by atoms with Gasteiger partial charge in [0.05, 0.1) is 12.9 Å². The maximum atomic E-state index is 4.98. The summed E-state index contributed by atoms with van der Waals surface area (Å²) >= 11 is 1.76. The van der Waals surface area contributed by atoms with Gasteiger partial charge in [0.15, 0.2) is 0 Å². The molecule has 0 saturated heterocycles. The molecule has 1 aromatic rings. The number of thiophene rings is 1. The van der Waals surface area contributed by atoms with Gasteiger partial charge < -0.3 is 4.74 Å². The number of hydrogen-bond donors (Lipinski definition) is 0. The average Bonchev–Trinajstić information content (AvgIpc) is 2.41. The van der Waals surface area contributed by atoms with E-state index in [0.29, 0.717) is 0 Å². The van der Waals surface area contributed by atoms with Gasteiger partial charge in [-0.05, 0) is 11.4 Å². The molecule has 1 nitrogen and oxygen atoms in total. The first-order chi connectivity index (χ1) is 4.93. The van der Waals surface area contributed by atoms with Crippen molar-refractivity contribution in [2.45, 2.75) is 6.42 Å². The van der Waals surface area contributed by atoms with Crippen molar-refractivity contribution in [3.8, 4) is 0 Å². The van der Waals surface area contributed by atoms with Crippen LogP contribution in [0.2, 0.25) is 0 Å². The minimum atomic E-state index is 0.740. The van der Waals surface area contributed by atoms with Gasteiger partial charge in [-0.15, -0.1) is 11.3 Å². The summed E-state index contributed by atoms with van der Waals surface area (Å²) in [6.07, 6.45) is 2.47. The second-order valence-corrected chi connectivity index (χ2v) is 2.90. The molecule has 0 N–H and O–H groups in total. The Morgan fingerprint density at radius 3 is 3.20 bits per heavy atom. The second-order valence-electron chi connectivity index (χ2n) is 1.87. The number of rotatable bonds is 4. The topological polar surface area (TPSA) is 9.23 Å². The fourth-order valence-corrected chi connectivity index (χ4v) is 1.39. The lowest BCUT2D eigenvalue weighted by molar-refractivity contribution is 0.256. The summed E-state index contributed by atoms with van der Waals surface area (Å²) in [5.41, 5.74) is 0. The van der Waals surface area contributed by atoms with Gasteiger partial charge in [0, 0.05) is 11.3 Å². The van der Waals surface area contributed by atoms with Crippen LogP contribution in [0.5, 0.6) is 0 Å². The molecule has 1 aromatic heterocycles. The van der Waals surface area contributed by atoms with Crippen LogP contribution in [0, 0.1) is 0 Å². The van der Waals surface area contributed by atoms with E-state index >= 15 is 0 Å². The lowest BCUT2D eigenvalue weighted by Gasteiger charge is -1.95. The van der Waals surface area contributed by atoms with Crippen LogP contribution >= 0.6 is 11.3 Å². The zero-order valence-electron chi connectivity index (χ0n) is 5.75. The van der Waals surface area contributed by atoms with Crippen molar-refractivity contribution in [3.63, 3.8) is 0 Å². The molecule has 0 aromatic carbocycles. The highest BCUT2D eigenvalue weighted by molar-refractivity contribution is 7.09. The molecule has 0 aliphatic carbocycles. The van der Waals surface area contributed by atoms with Crippen molar-refractivity contribution < 1.29 is 4.74 Å². The highest BCUT2D eigenvalue weighted by atomic mass is 32.1. The highest BCUT2D eigenvalue weighted by Gasteiger charge is 1.90. The van der Waals surface area contributed by atoms with Crippen molar-refractivity contribution in [1.82, 2.24) is 0 Å². The maximum absolute atomic E-state index is 4.98. The van der Waals surface area contributed by atoms with Crippen LogP contribution in [0.25, 0.3) is 0 Å². The first-order valence-electron chi connectivity index (χ1n) is 3.18. The molecule has 0 aliphatic rings. The van der Waals surface area contributed by atoms with Gasteiger partial charge in [0.1, 0.15) is 0 Å². The summed E-state index contributed by atoms with van der Waals surface area (Å²) in [5.74, 6) is 0. The van der Waals surface area contributed by atoms with Gasteiger partial charge >= 0.3 is 0 Å². The molecule has 0 aliphatic heterocycles. The summed E-state index contributed by atoms with van der Waals surface area (Å²) in [6, 6.07) is 4.16. The normalized spacial score (nSPS) is 9.20. The van der Waals surface area contributed by atoms with E-state index in [1.54, 1.807) is 11.3 Å². The molecular weight excluding hydrogens is 144 g/mol. The quantitative estimate of drug-likeness (QED) is 0.478. The Labute approximate surface area is 65.0 Å². The standard InChI is InChI=1S/C8H10OS/c1-2-9-6-5-8-4-3-7-10-8/h2-4,7H,1,5-6H2. The van der Waals surface area contributed by atoms with Crippen molar-refractivity contribution in [3.05, 3.63) is 35.2 Å². The summed E-state index contributed by atoms with van der Waals surface area (Å²) < 4.78 is 4.98. The monoisotopic (exact) mass is 154 g/mol. The van der Waals surface area contributed by atoms with E-state index in [-0.39, 0.29) is 0 Å². The predicted molar refractivity (Wildman–Crippen MR) is 44.2 cm³/mol. The number of ether oxygens (including phenoxy) is 1. The first kappa shape index (κ1) is 7.35. The first-order valence-corrected chi connectivity index (χ1v) is 4.06. The summed E-state index contributed by atoms with van der Waals surface area (Å²) in [7, 11) is 0. The second kappa shape index (κ2) is 4.12. The Bertz CT molecular complexity index is 179. The molecule has 10 heavy (non-hydrogen) atoms. The molecular formula is C8H10OS. The van der Waals surface area contributed by atoms with Crippen LogP contribution < -0.4 is 0 Å². The van der Waals surface area contributed by atoms with E-state index in [1.165, 1.54) is 11.1 Å². The molecule has 0 radical (unpaired) electrons. The lowest BCUT2D eigenvalue weighted by atomic mass is 10.4. The third-order valence-electron chi connectivity index (χ3n) is 1.16. The molecule has 0 saturated carbocycles. The lowest BCUT2D eigenvalue weighted by Crippen LogP contribution is -1.89. The SMILES string of the molecule is C=COCCc1cccs1. The number of hydrogen-bond acceptors (Lipinski definition) is 2. The van der Waals surface area contributed by atoms with Crippen LogP contribution in [-0.2, 0) is 11.2 Å². The minimum Gasteiger partial charge on any atom is -0.501 e. The molecule has 1 rings (SSSR count). The van der Waals surface area contributed by atoms with Gasteiger partial charge in [-0.2, -0.15) is 0 Å². The minimum absolute atomic E-state index is 0.740. The van der Waals surface area contributed by atoms with Crippen molar-refractivity contribution >= 4 is 11.3 Å². The molecule has 0 fully saturated rings. The molecule has 0 atom stereocenters. The summed E-state index contributed by atoms with van der Waals surface area (Å²) in [6.45, 7) is 4.20. The fraction of sp³-hybridized carbons (Fsp3) is 0.250. The van der Waals surface area contributed by atoms with Crippen molar-refractivity contribution in [1.29, 1.82) is 0 Å². The third-order valence-corrected chi connectivity index (χ3v) is 2.10. The Kier molecular flexibility index (Phi) is 3.03. The van der Waals surface area contributed by atoms with Gasteiger partial charge in [0.2, 0.25) is 0 Å². The van der Waals surface area contributed by atoms with E-state index in [4.69, 9.17) is 4.74 Å². The van der Waals surface area contributed by atoms with Crippen LogP contribution in [0.1, 0.15) is 4.88 Å². The van der Waals surface area contributed by atoms with E-state index in [1.807, 2.05) is 6.07 Å². The summed E-state index contributed by atoms with van der Waals surface area (Å²) in [5, 5.41) is 2.07. The van der Waals surface area contributed by atoms with E-state index in [9.17, 15) is 0 Å². The Balaban J connectivity index is 2.21. The van der Waals surface area contributed by atoms with Crippen molar-refractivity contribution in [2.75, 3.05) is 6.61 Å². The zero-order chi connectivity index (χ0) is 7.23. The van der Waals surface area contributed by atoms with Crippen LogP contribution in [0.4, 0.5) is 0 Å². The fourth-order valence-electron chi connectivity index (χ4n) is 0.698. The van der Waals surface area contributed by atoms with Gasteiger partial charge in [-0.1, -0.05) is 12.6 Å². The predicted octanol–water partition coefficient (Wildman–Crippen LogP) is 2.45. The van der Waals surface area contributed by atoms with Gasteiger partial charge in [-0.25, -0.2) is 0 Å². The zero-order valence-corrected chi connectivity index (χ0v) is 6.56. The Morgan fingerprint density at radius 1 is 1.70 bits per heavy atom.